The molecule has 0 atom stereocenters. The first-order valence-electron chi connectivity index (χ1n) is 9.45. The van der Waals surface area contributed by atoms with E-state index in [2.05, 4.69) is 31.1 Å². The summed E-state index contributed by atoms with van der Waals surface area (Å²) in [6.07, 6.45) is 5.90. The highest BCUT2D eigenvalue weighted by Gasteiger charge is 2.37. The van der Waals surface area contributed by atoms with Crippen molar-refractivity contribution < 1.29 is 9.53 Å². The Morgan fingerprint density at radius 3 is 2.56 bits per heavy atom. The summed E-state index contributed by atoms with van der Waals surface area (Å²) in [4.78, 5) is 15.0. The molecule has 1 saturated heterocycles. The van der Waals surface area contributed by atoms with E-state index >= 15 is 0 Å². The van der Waals surface area contributed by atoms with Gasteiger partial charge in [-0.05, 0) is 47.5 Å². The summed E-state index contributed by atoms with van der Waals surface area (Å²) >= 11 is 0. The van der Waals surface area contributed by atoms with Crippen molar-refractivity contribution in [1.29, 1.82) is 0 Å². The van der Waals surface area contributed by atoms with Gasteiger partial charge < -0.3 is 15.4 Å². The van der Waals surface area contributed by atoms with E-state index in [0.29, 0.717) is 0 Å². The number of urea groups is 1. The Morgan fingerprint density at radius 2 is 1.89 bits per heavy atom. The van der Waals surface area contributed by atoms with Gasteiger partial charge in [0.1, 0.15) is 6.33 Å². The van der Waals surface area contributed by atoms with Crippen molar-refractivity contribution in [3.8, 4) is 5.69 Å². The Bertz CT molecular complexity index is 736. The fourth-order valence-electron chi connectivity index (χ4n) is 3.94. The van der Waals surface area contributed by atoms with E-state index in [1.807, 2.05) is 24.3 Å². The van der Waals surface area contributed by atoms with Gasteiger partial charge in [0, 0.05) is 25.3 Å². The molecule has 1 aromatic heterocycles. The number of carbonyl (C=O) groups excluding carboxylic acids is 1. The lowest BCUT2D eigenvalue weighted by Gasteiger charge is -2.37. The second-order valence-corrected chi connectivity index (χ2v) is 7.26. The molecule has 9 nitrogen and oxygen atoms in total. The van der Waals surface area contributed by atoms with Crippen molar-refractivity contribution in [2.45, 2.75) is 31.2 Å². The fourth-order valence-corrected chi connectivity index (χ4v) is 3.94. The van der Waals surface area contributed by atoms with Crippen LogP contribution in [0.4, 0.5) is 10.5 Å². The summed E-state index contributed by atoms with van der Waals surface area (Å²) in [5.41, 5.74) is 1.43. The number of nitrogens with one attached hydrogen (secondary N) is 2. The molecule has 1 saturated carbocycles. The highest BCUT2D eigenvalue weighted by atomic mass is 16.5. The molecule has 1 aliphatic carbocycles. The zero-order valence-corrected chi connectivity index (χ0v) is 15.3. The van der Waals surface area contributed by atoms with Gasteiger partial charge in [0.05, 0.1) is 24.4 Å². The molecule has 144 valence electrons. The summed E-state index contributed by atoms with van der Waals surface area (Å²) in [6.45, 7) is 4.31. The van der Waals surface area contributed by atoms with Gasteiger partial charge in [-0.3, -0.25) is 4.90 Å². The predicted molar refractivity (Wildman–Crippen MR) is 99.8 cm³/mol. The lowest BCUT2D eigenvalue weighted by atomic mass is 9.96. The summed E-state index contributed by atoms with van der Waals surface area (Å²) in [7, 11) is 0. The molecule has 0 spiro atoms. The Balaban J connectivity index is 1.36. The highest BCUT2D eigenvalue weighted by molar-refractivity contribution is 5.89. The van der Waals surface area contributed by atoms with Crippen molar-refractivity contribution in [3.63, 3.8) is 0 Å². The van der Waals surface area contributed by atoms with Gasteiger partial charge in [0.25, 0.3) is 0 Å². The molecule has 0 unspecified atom stereocenters. The molecular weight excluding hydrogens is 346 g/mol. The van der Waals surface area contributed by atoms with Crippen LogP contribution in [0.2, 0.25) is 0 Å². The first-order valence-corrected chi connectivity index (χ1v) is 9.45. The van der Waals surface area contributed by atoms with Crippen LogP contribution in [-0.2, 0) is 4.74 Å². The third-order valence-corrected chi connectivity index (χ3v) is 5.31. The number of hydrogen-bond acceptors (Lipinski definition) is 6. The molecule has 1 aromatic carbocycles. The largest absolute Gasteiger partial charge is 0.379 e. The summed E-state index contributed by atoms with van der Waals surface area (Å²) in [6, 6.07) is 7.27. The molecule has 27 heavy (non-hydrogen) atoms. The normalized spacial score (nSPS) is 19.7. The second-order valence-electron chi connectivity index (χ2n) is 7.26. The van der Waals surface area contributed by atoms with Gasteiger partial charge >= 0.3 is 6.03 Å². The van der Waals surface area contributed by atoms with E-state index in [-0.39, 0.29) is 11.6 Å². The number of carbonyl (C=O) groups is 1. The number of nitrogens with zero attached hydrogens (tertiary/aromatic N) is 5. The molecule has 2 N–H and O–H groups in total. The third-order valence-electron chi connectivity index (χ3n) is 5.31. The molecule has 2 heterocycles. The predicted octanol–water partition coefficient (Wildman–Crippen LogP) is 1.43. The number of rotatable bonds is 5. The molecule has 2 amide bonds. The van der Waals surface area contributed by atoms with Crippen LogP contribution in [-0.4, -0.2) is 69.5 Å². The zero-order valence-electron chi connectivity index (χ0n) is 15.3. The van der Waals surface area contributed by atoms with Crippen LogP contribution in [0.15, 0.2) is 30.6 Å². The van der Waals surface area contributed by atoms with Crippen LogP contribution >= 0.6 is 0 Å². The third kappa shape index (κ3) is 4.42. The van der Waals surface area contributed by atoms with Gasteiger partial charge in [-0.2, -0.15) is 0 Å². The standard InChI is InChI=1S/C18H25N7O2/c26-17(20-15-3-5-16(6-4-15)25-14-19-22-23-25)21-18(7-1-2-8-18)13-24-9-11-27-12-10-24/h3-6,14H,1-2,7-13H2,(H2,20,21,26). The van der Waals surface area contributed by atoms with Crippen LogP contribution in [0.5, 0.6) is 0 Å². The molecule has 2 aliphatic rings. The van der Waals surface area contributed by atoms with E-state index in [1.54, 1.807) is 4.68 Å². The number of amides is 2. The van der Waals surface area contributed by atoms with Gasteiger partial charge in [0.2, 0.25) is 0 Å². The molecular formula is C18H25N7O2. The van der Waals surface area contributed by atoms with Crippen molar-refractivity contribution in [2.75, 3.05) is 38.2 Å². The van der Waals surface area contributed by atoms with Crippen LogP contribution in [0.25, 0.3) is 5.69 Å². The monoisotopic (exact) mass is 371 g/mol. The van der Waals surface area contributed by atoms with Crippen molar-refractivity contribution in [2.24, 2.45) is 0 Å². The van der Waals surface area contributed by atoms with Gasteiger partial charge in [-0.1, -0.05) is 12.8 Å². The SMILES string of the molecule is O=C(Nc1ccc(-n2cnnn2)cc1)NC1(CN2CCOCC2)CCCC1. The smallest absolute Gasteiger partial charge is 0.319 e. The van der Waals surface area contributed by atoms with E-state index in [1.165, 1.54) is 6.33 Å². The van der Waals surface area contributed by atoms with Crippen molar-refractivity contribution in [3.05, 3.63) is 30.6 Å². The van der Waals surface area contributed by atoms with Gasteiger partial charge in [0.15, 0.2) is 0 Å². The Hall–Kier alpha value is -2.52. The van der Waals surface area contributed by atoms with E-state index in [9.17, 15) is 4.79 Å². The molecule has 1 aliphatic heterocycles. The quantitative estimate of drug-likeness (QED) is 0.825. The Labute approximate surface area is 158 Å². The zero-order chi connectivity index (χ0) is 18.5. The summed E-state index contributed by atoms with van der Waals surface area (Å²) < 4.78 is 7.01. The molecule has 0 bridgehead atoms. The molecule has 4 rings (SSSR count). The molecule has 2 fully saturated rings. The highest BCUT2D eigenvalue weighted by Crippen LogP contribution is 2.31. The number of morpholine rings is 1. The molecule has 9 heteroatoms. The number of benzene rings is 1. The number of anilines is 1. The van der Waals surface area contributed by atoms with E-state index in [4.69, 9.17) is 4.74 Å². The number of tetrazole rings is 1. The second kappa shape index (κ2) is 8.01. The topological polar surface area (TPSA) is 97.2 Å². The minimum Gasteiger partial charge on any atom is -0.379 e. The lowest BCUT2D eigenvalue weighted by molar-refractivity contribution is 0.0254. The lowest BCUT2D eigenvalue weighted by Crippen LogP contribution is -2.56. The van der Waals surface area contributed by atoms with Crippen LogP contribution in [0.3, 0.4) is 0 Å². The molecule has 0 radical (unpaired) electrons. The molecule has 2 aromatic rings. The van der Waals surface area contributed by atoms with E-state index in [0.717, 1.165) is 69.9 Å². The van der Waals surface area contributed by atoms with Gasteiger partial charge in [-0.25, -0.2) is 9.48 Å². The van der Waals surface area contributed by atoms with Gasteiger partial charge in [-0.15, -0.1) is 5.10 Å². The first kappa shape index (κ1) is 17.9. The maximum atomic E-state index is 12.6. The van der Waals surface area contributed by atoms with E-state index < -0.39 is 0 Å². The van der Waals surface area contributed by atoms with Crippen LogP contribution in [0, 0.1) is 0 Å². The average molecular weight is 371 g/mol. The van der Waals surface area contributed by atoms with Crippen molar-refractivity contribution in [1.82, 2.24) is 30.4 Å². The maximum Gasteiger partial charge on any atom is 0.319 e. The summed E-state index contributed by atoms with van der Waals surface area (Å²) in [5, 5.41) is 17.3. The van der Waals surface area contributed by atoms with Crippen molar-refractivity contribution >= 4 is 11.7 Å². The first-order chi connectivity index (χ1) is 13.2. The number of ether oxygens (including phenoxy) is 1. The number of aromatic nitrogens is 4. The van der Waals surface area contributed by atoms with Crippen LogP contribution < -0.4 is 10.6 Å². The minimum atomic E-state index is -0.152. The minimum absolute atomic E-state index is 0.145. The number of hydrogen-bond donors (Lipinski definition) is 2. The average Bonchev–Trinajstić information content (AvgIpc) is 3.36. The Kier molecular flexibility index (Phi) is 5.30. The summed E-state index contributed by atoms with van der Waals surface area (Å²) in [5.74, 6) is 0. The fraction of sp³-hybridized carbons (Fsp3) is 0.556. The maximum absolute atomic E-state index is 12.6. The van der Waals surface area contributed by atoms with Crippen LogP contribution in [0.1, 0.15) is 25.7 Å². The Morgan fingerprint density at radius 1 is 1.15 bits per heavy atom.